The molecule has 98 valence electrons. The second kappa shape index (κ2) is 6.55. The number of rotatable bonds is 7. The number of carbonyl (C=O) groups excluding carboxylic acids is 1. The summed E-state index contributed by atoms with van der Waals surface area (Å²) in [7, 11) is 0. The molecule has 0 aliphatic heterocycles. The van der Waals surface area contributed by atoms with Crippen LogP contribution in [0.4, 0.5) is 0 Å². The molecule has 0 saturated heterocycles. The lowest BCUT2D eigenvalue weighted by atomic mass is 10.2. The van der Waals surface area contributed by atoms with E-state index in [0.29, 0.717) is 19.1 Å². The Labute approximate surface area is 108 Å². The Kier molecular flexibility index (Phi) is 4.76. The van der Waals surface area contributed by atoms with Crippen LogP contribution in [0, 0.1) is 11.8 Å². The van der Waals surface area contributed by atoms with Gasteiger partial charge in [0, 0.05) is 6.61 Å². The maximum Gasteiger partial charge on any atom is 0.309 e. The van der Waals surface area contributed by atoms with E-state index in [2.05, 4.69) is 12.1 Å². The van der Waals surface area contributed by atoms with E-state index in [1.54, 1.807) is 0 Å². The maximum absolute atomic E-state index is 11.4. The first-order chi connectivity index (χ1) is 8.81. The average molecular weight is 248 g/mol. The number of hydrogen-bond donors (Lipinski definition) is 0. The summed E-state index contributed by atoms with van der Waals surface area (Å²) in [6.07, 6.45) is 1.92. The molecule has 2 atom stereocenters. The van der Waals surface area contributed by atoms with E-state index in [4.69, 9.17) is 9.47 Å². The van der Waals surface area contributed by atoms with E-state index in [1.807, 2.05) is 25.1 Å². The van der Waals surface area contributed by atoms with Crippen LogP contribution < -0.4 is 0 Å². The average Bonchev–Trinajstić information content (AvgIpc) is 3.16. The van der Waals surface area contributed by atoms with Gasteiger partial charge in [-0.2, -0.15) is 0 Å². The molecule has 0 heterocycles. The number of hydrogen-bond acceptors (Lipinski definition) is 3. The Hall–Kier alpha value is -1.35. The zero-order valence-electron chi connectivity index (χ0n) is 10.8. The molecule has 2 rings (SSSR count). The lowest BCUT2D eigenvalue weighted by Crippen LogP contribution is -2.08. The second-order valence-corrected chi connectivity index (χ2v) is 4.68. The highest BCUT2D eigenvalue weighted by atomic mass is 16.5. The van der Waals surface area contributed by atoms with Gasteiger partial charge in [0.05, 0.1) is 19.1 Å². The molecule has 1 saturated carbocycles. The van der Waals surface area contributed by atoms with Gasteiger partial charge in [0.2, 0.25) is 0 Å². The van der Waals surface area contributed by atoms with Crippen LogP contribution in [0.1, 0.15) is 25.3 Å². The van der Waals surface area contributed by atoms with Crippen molar-refractivity contribution in [1.82, 2.24) is 0 Å². The standard InChI is InChI=1S/C15H20O3/c1-2-18-15(16)14-10-13(14)8-9-17-11-12-6-4-3-5-7-12/h3-7,13-14H,2,8-11H2,1H3/t13-,14-/m1/s1. The number of ether oxygens (including phenoxy) is 2. The van der Waals surface area contributed by atoms with Gasteiger partial charge in [0.1, 0.15) is 0 Å². The molecule has 0 aromatic heterocycles. The summed E-state index contributed by atoms with van der Waals surface area (Å²) in [5.74, 6) is 0.565. The van der Waals surface area contributed by atoms with Gasteiger partial charge < -0.3 is 9.47 Å². The van der Waals surface area contributed by atoms with Crippen molar-refractivity contribution >= 4 is 5.97 Å². The van der Waals surface area contributed by atoms with E-state index in [9.17, 15) is 4.79 Å². The Bertz CT molecular complexity index is 375. The van der Waals surface area contributed by atoms with Crippen molar-refractivity contribution < 1.29 is 14.3 Å². The smallest absolute Gasteiger partial charge is 0.309 e. The summed E-state index contributed by atoms with van der Waals surface area (Å²) in [6, 6.07) is 10.1. The van der Waals surface area contributed by atoms with Crippen LogP contribution in [-0.2, 0) is 20.9 Å². The fourth-order valence-corrected chi connectivity index (χ4v) is 2.10. The molecule has 1 fully saturated rings. The zero-order chi connectivity index (χ0) is 12.8. The van der Waals surface area contributed by atoms with E-state index in [-0.39, 0.29) is 11.9 Å². The number of benzene rings is 1. The van der Waals surface area contributed by atoms with Gasteiger partial charge >= 0.3 is 5.97 Å². The monoisotopic (exact) mass is 248 g/mol. The van der Waals surface area contributed by atoms with Gasteiger partial charge in [-0.25, -0.2) is 0 Å². The van der Waals surface area contributed by atoms with Gasteiger partial charge in [-0.1, -0.05) is 30.3 Å². The fourth-order valence-electron chi connectivity index (χ4n) is 2.10. The van der Waals surface area contributed by atoms with Crippen molar-refractivity contribution in [2.75, 3.05) is 13.2 Å². The SMILES string of the molecule is CCOC(=O)[C@@H]1C[C@H]1CCOCc1ccccc1. The molecule has 0 amide bonds. The number of carbonyl (C=O) groups is 1. The Morgan fingerprint density at radius 3 is 2.83 bits per heavy atom. The van der Waals surface area contributed by atoms with Crippen LogP contribution in [0.25, 0.3) is 0 Å². The normalized spacial score (nSPS) is 21.6. The molecule has 0 N–H and O–H groups in total. The topological polar surface area (TPSA) is 35.5 Å². The minimum Gasteiger partial charge on any atom is -0.466 e. The largest absolute Gasteiger partial charge is 0.466 e. The van der Waals surface area contributed by atoms with E-state index in [1.165, 1.54) is 5.56 Å². The summed E-state index contributed by atoms with van der Waals surface area (Å²) in [5, 5.41) is 0. The fraction of sp³-hybridized carbons (Fsp3) is 0.533. The lowest BCUT2D eigenvalue weighted by Gasteiger charge is -2.04. The highest BCUT2D eigenvalue weighted by Gasteiger charge is 2.43. The minimum absolute atomic E-state index is 0.0365. The number of esters is 1. The van der Waals surface area contributed by atoms with Crippen LogP contribution in [0.2, 0.25) is 0 Å². The van der Waals surface area contributed by atoms with Crippen molar-refractivity contribution in [1.29, 1.82) is 0 Å². The van der Waals surface area contributed by atoms with E-state index in [0.717, 1.165) is 19.4 Å². The van der Waals surface area contributed by atoms with Gasteiger partial charge in [-0.05, 0) is 31.2 Å². The Morgan fingerprint density at radius 2 is 2.11 bits per heavy atom. The molecule has 1 aliphatic carbocycles. The predicted molar refractivity (Wildman–Crippen MR) is 68.9 cm³/mol. The van der Waals surface area contributed by atoms with Gasteiger partial charge in [-0.15, -0.1) is 0 Å². The summed E-state index contributed by atoms with van der Waals surface area (Å²) in [5.41, 5.74) is 1.19. The first kappa shape index (κ1) is 13.1. The molecule has 0 unspecified atom stereocenters. The third-order valence-corrected chi connectivity index (χ3v) is 3.26. The van der Waals surface area contributed by atoms with Crippen LogP contribution in [0.15, 0.2) is 30.3 Å². The molecule has 1 aliphatic rings. The van der Waals surface area contributed by atoms with Crippen LogP contribution in [-0.4, -0.2) is 19.2 Å². The van der Waals surface area contributed by atoms with Crippen LogP contribution in [0.5, 0.6) is 0 Å². The molecular weight excluding hydrogens is 228 g/mol. The van der Waals surface area contributed by atoms with Crippen molar-refractivity contribution in [2.45, 2.75) is 26.4 Å². The third kappa shape index (κ3) is 3.84. The van der Waals surface area contributed by atoms with Gasteiger partial charge in [-0.3, -0.25) is 4.79 Å². The predicted octanol–water partition coefficient (Wildman–Crippen LogP) is 2.79. The maximum atomic E-state index is 11.4. The second-order valence-electron chi connectivity index (χ2n) is 4.68. The molecule has 3 nitrogen and oxygen atoms in total. The third-order valence-electron chi connectivity index (χ3n) is 3.26. The molecule has 0 spiro atoms. The Balaban J connectivity index is 1.56. The Morgan fingerprint density at radius 1 is 1.33 bits per heavy atom. The molecule has 1 aromatic carbocycles. The summed E-state index contributed by atoms with van der Waals surface area (Å²) < 4.78 is 10.6. The highest BCUT2D eigenvalue weighted by Crippen LogP contribution is 2.42. The van der Waals surface area contributed by atoms with Crippen molar-refractivity contribution in [3.8, 4) is 0 Å². The van der Waals surface area contributed by atoms with Crippen molar-refractivity contribution in [3.05, 3.63) is 35.9 Å². The van der Waals surface area contributed by atoms with Crippen molar-refractivity contribution in [2.24, 2.45) is 11.8 Å². The molecule has 0 bridgehead atoms. The molecule has 0 radical (unpaired) electrons. The first-order valence-corrected chi connectivity index (χ1v) is 6.59. The minimum atomic E-state index is -0.0365. The summed E-state index contributed by atoms with van der Waals surface area (Å²) in [6.45, 7) is 3.69. The zero-order valence-corrected chi connectivity index (χ0v) is 10.8. The summed E-state index contributed by atoms with van der Waals surface area (Å²) in [4.78, 5) is 11.4. The first-order valence-electron chi connectivity index (χ1n) is 6.59. The van der Waals surface area contributed by atoms with Crippen LogP contribution in [0.3, 0.4) is 0 Å². The molecule has 3 heteroatoms. The van der Waals surface area contributed by atoms with Crippen LogP contribution >= 0.6 is 0 Å². The summed E-state index contributed by atoms with van der Waals surface area (Å²) >= 11 is 0. The van der Waals surface area contributed by atoms with E-state index >= 15 is 0 Å². The molecule has 18 heavy (non-hydrogen) atoms. The quantitative estimate of drug-likeness (QED) is 0.550. The molecule has 1 aromatic rings. The van der Waals surface area contributed by atoms with Gasteiger partial charge in [0.15, 0.2) is 0 Å². The van der Waals surface area contributed by atoms with Crippen molar-refractivity contribution in [3.63, 3.8) is 0 Å². The van der Waals surface area contributed by atoms with E-state index < -0.39 is 0 Å². The lowest BCUT2D eigenvalue weighted by molar-refractivity contribution is -0.145. The van der Waals surface area contributed by atoms with Gasteiger partial charge in [0.25, 0.3) is 0 Å². The molecular formula is C15H20O3. The highest BCUT2D eigenvalue weighted by molar-refractivity contribution is 5.75.